The molecule has 0 amide bonds. The lowest BCUT2D eigenvalue weighted by Crippen LogP contribution is -2.06. The predicted octanol–water partition coefficient (Wildman–Crippen LogP) is 9.42. The van der Waals surface area contributed by atoms with Gasteiger partial charge in [-0.05, 0) is 42.0 Å². The van der Waals surface area contributed by atoms with Gasteiger partial charge in [-0.15, -0.1) is 0 Å². The van der Waals surface area contributed by atoms with Crippen molar-refractivity contribution < 1.29 is 48.3 Å². The first-order chi connectivity index (χ1) is 17.6. The van der Waals surface area contributed by atoms with Gasteiger partial charge in [0.25, 0.3) is 0 Å². The fourth-order valence-electron chi connectivity index (χ4n) is 3.64. The molecule has 4 aromatic rings. The summed E-state index contributed by atoms with van der Waals surface area (Å²) in [6, 6.07) is 8.65. The van der Waals surface area contributed by atoms with Gasteiger partial charge in [0.1, 0.15) is 11.4 Å². The van der Waals surface area contributed by atoms with Crippen LogP contribution in [0.25, 0.3) is 33.6 Å². The van der Waals surface area contributed by atoms with E-state index in [1.54, 1.807) is 0 Å². The van der Waals surface area contributed by atoms with Gasteiger partial charge in [0.05, 0.1) is 22.3 Å². The fourth-order valence-corrected chi connectivity index (χ4v) is 3.64. The van der Waals surface area contributed by atoms with Crippen molar-refractivity contribution in [2.75, 3.05) is 0 Å². The second kappa shape index (κ2) is 9.41. The van der Waals surface area contributed by atoms with Crippen LogP contribution in [0.2, 0.25) is 0 Å². The number of hydrogen-bond donors (Lipinski definition) is 0. The number of hydrogen-bond acceptors (Lipinski definition) is 1. The van der Waals surface area contributed by atoms with Crippen LogP contribution in [0.15, 0.2) is 72.8 Å². The molecule has 0 fully saturated rings. The van der Waals surface area contributed by atoms with Crippen molar-refractivity contribution in [1.29, 1.82) is 0 Å². The minimum Gasteiger partial charge on any atom is -0.242 e. The Morgan fingerprint density at radius 3 is 0.921 bits per heavy atom. The lowest BCUT2D eigenvalue weighted by Gasteiger charge is -2.16. The number of aromatic nitrogens is 1. The van der Waals surface area contributed by atoms with Crippen LogP contribution >= 0.6 is 0 Å². The molecule has 3 aromatic carbocycles. The maximum absolute atomic E-state index is 15.6. The molecular weight excluding hydrogens is 535 g/mol. The van der Waals surface area contributed by atoms with Crippen LogP contribution in [0.1, 0.15) is 16.7 Å². The van der Waals surface area contributed by atoms with Crippen LogP contribution < -0.4 is 0 Å². The molecule has 1 nitrogen and oxygen atoms in total. The van der Waals surface area contributed by atoms with Gasteiger partial charge in [-0.25, -0.2) is 13.8 Å². The van der Waals surface area contributed by atoms with Crippen LogP contribution in [0.5, 0.6) is 0 Å². The predicted molar refractivity (Wildman–Crippen MR) is 115 cm³/mol. The molecule has 0 radical (unpaired) electrons. The minimum atomic E-state index is -4.75. The number of rotatable bonds is 3. The van der Waals surface area contributed by atoms with Crippen LogP contribution in [-0.4, -0.2) is 4.98 Å². The second-order valence-electron chi connectivity index (χ2n) is 8.04. The number of alkyl halides is 9. The molecule has 12 heteroatoms. The van der Waals surface area contributed by atoms with E-state index in [1.165, 1.54) is 0 Å². The molecule has 198 valence electrons. The third kappa shape index (κ3) is 5.34. The number of nitrogens with zero attached hydrogens (tertiary/aromatic N) is 1. The Bertz CT molecular complexity index is 1370. The smallest absolute Gasteiger partial charge is 0.242 e. The monoisotopic (exact) mass is 547 g/mol. The lowest BCUT2D eigenvalue weighted by atomic mass is 9.96. The summed E-state index contributed by atoms with van der Waals surface area (Å²) in [4.78, 5) is 3.85. The van der Waals surface area contributed by atoms with E-state index in [0.29, 0.717) is 36.4 Å². The summed E-state index contributed by atoms with van der Waals surface area (Å²) in [6.45, 7) is 0. The van der Waals surface area contributed by atoms with E-state index < -0.39 is 63.8 Å². The standard InChI is InChI=1S/C26H12F11N/c27-20-19(13-1-7-16(8-2-13)24(29,30)31)21(28)23(15-5-11-18(12-6-15)26(35,36)37)38-22(20)14-3-9-17(10-4-14)25(32,33)34/h1-12H. The van der Waals surface area contributed by atoms with Gasteiger partial charge in [0, 0.05) is 11.1 Å². The highest BCUT2D eigenvalue weighted by atomic mass is 19.4. The quantitative estimate of drug-likeness (QED) is 0.233. The van der Waals surface area contributed by atoms with E-state index in [-0.39, 0.29) is 16.7 Å². The number of halogens is 11. The summed E-state index contributed by atoms with van der Waals surface area (Å²) in [5.41, 5.74) is -6.29. The van der Waals surface area contributed by atoms with Crippen LogP contribution in [-0.2, 0) is 18.5 Å². The van der Waals surface area contributed by atoms with Gasteiger partial charge in [-0.1, -0.05) is 36.4 Å². The zero-order valence-electron chi connectivity index (χ0n) is 18.5. The van der Waals surface area contributed by atoms with E-state index in [9.17, 15) is 39.5 Å². The third-order valence-corrected chi connectivity index (χ3v) is 5.55. The molecule has 0 spiro atoms. The Balaban J connectivity index is 1.94. The molecule has 38 heavy (non-hydrogen) atoms. The zero-order chi connectivity index (χ0) is 28.0. The molecule has 1 aromatic heterocycles. The van der Waals surface area contributed by atoms with E-state index in [0.717, 1.165) is 36.4 Å². The average Bonchev–Trinajstić information content (AvgIpc) is 2.83. The third-order valence-electron chi connectivity index (χ3n) is 5.55. The van der Waals surface area contributed by atoms with E-state index in [1.807, 2.05) is 0 Å². The first kappa shape index (κ1) is 27.1. The Morgan fingerprint density at radius 2 is 0.658 bits per heavy atom. The highest BCUT2D eigenvalue weighted by Gasteiger charge is 2.33. The second-order valence-corrected chi connectivity index (χ2v) is 8.04. The number of benzene rings is 3. The first-order valence-corrected chi connectivity index (χ1v) is 10.5. The largest absolute Gasteiger partial charge is 0.416 e. The van der Waals surface area contributed by atoms with Crippen molar-refractivity contribution in [2.45, 2.75) is 18.5 Å². The molecule has 4 rings (SSSR count). The Hall–Kier alpha value is -3.96. The summed E-state index contributed by atoms with van der Waals surface area (Å²) < 4.78 is 148. The van der Waals surface area contributed by atoms with E-state index >= 15 is 8.78 Å². The Morgan fingerprint density at radius 1 is 0.395 bits per heavy atom. The van der Waals surface area contributed by atoms with Crippen LogP contribution in [0.4, 0.5) is 48.3 Å². The van der Waals surface area contributed by atoms with E-state index in [2.05, 4.69) is 4.98 Å². The van der Waals surface area contributed by atoms with Gasteiger partial charge in [0.2, 0.25) is 0 Å². The molecule has 1 heterocycles. The normalized spacial score (nSPS) is 12.6. The lowest BCUT2D eigenvalue weighted by molar-refractivity contribution is -0.138. The van der Waals surface area contributed by atoms with Crippen molar-refractivity contribution >= 4 is 0 Å². The fraction of sp³-hybridized carbons (Fsp3) is 0.115. The minimum absolute atomic E-state index is 0.239. The SMILES string of the molecule is Fc1c(-c2ccc(C(F)(F)F)cc2)nc(-c2ccc(C(F)(F)F)cc2)c(F)c1-c1ccc(C(F)(F)F)cc1. The van der Waals surface area contributed by atoms with Crippen molar-refractivity contribution in [3.8, 4) is 33.6 Å². The van der Waals surface area contributed by atoms with Gasteiger partial charge in [0.15, 0.2) is 11.6 Å². The number of pyridine rings is 1. The maximum atomic E-state index is 15.6. The molecule has 0 N–H and O–H groups in total. The van der Waals surface area contributed by atoms with Gasteiger partial charge in [-0.2, -0.15) is 39.5 Å². The van der Waals surface area contributed by atoms with Crippen molar-refractivity contribution in [3.63, 3.8) is 0 Å². The molecule has 0 atom stereocenters. The molecule has 0 aliphatic heterocycles. The van der Waals surface area contributed by atoms with Gasteiger partial charge >= 0.3 is 18.5 Å². The van der Waals surface area contributed by atoms with Gasteiger partial charge in [-0.3, -0.25) is 0 Å². The summed E-state index contributed by atoms with van der Waals surface area (Å²) in [7, 11) is 0. The van der Waals surface area contributed by atoms with Crippen molar-refractivity contribution in [2.24, 2.45) is 0 Å². The van der Waals surface area contributed by atoms with Crippen molar-refractivity contribution in [1.82, 2.24) is 4.98 Å². The Kier molecular flexibility index (Phi) is 6.71. The highest BCUT2D eigenvalue weighted by molar-refractivity contribution is 5.78. The topological polar surface area (TPSA) is 12.9 Å². The molecule has 0 saturated heterocycles. The molecule has 0 aliphatic rings. The maximum Gasteiger partial charge on any atom is 0.416 e. The van der Waals surface area contributed by atoms with Crippen molar-refractivity contribution in [3.05, 3.63) is 101 Å². The summed E-state index contributed by atoms with van der Waals surface area (Å²) >= 11 is 0. The zero-order valence-corrected chi connectivity index (χ0v) is 18.5. The first-order valence-electron chi connectivity index (χ1n) is 10.5. The van der Waals surface area contributed by atoms with Crippen LogP contribution in [0.3, 0.4) is 0 Å². The van der Waals surface area contributed by atoms with Gasteiger partial charge < -0.3 is 0 Å². The van der Waals surface area contributed by atoms with E-state index in [4.69, 9.17) is 0 Å². The average molecular weight is 547 g/mol. The molecule has 0 unspecified atom stereocenters. The summed E-state index contributed by atoms with van der Waals surface area (Å²) in [5.74, 6) is -2.78. The van der Waals surface area contributed by atoms with Crippen LogP contribution in [0, 0.1) is 11.6 Å². The summed E-state index contributed by atoms with van der Waals surface area (Å²) in [5, 5.41) is 0. The Labute approximate surface area is 207 Å². The molecule has 0 bridgehead atoms. The molecule has 0 saturated carbocycles. The summed E-state index contributed by atoms with van der Waals surface area (Å²) in [6.07, 6.45) is -14.2. The molecular formula is C26H12F11N. The highest BCUT2D eigenvalue weighted by Crippen LogP contribution is 2.40. The molecule has 0 aliphatic carbocycles.